The molecule has 1 aromatic carbocycles. The van der Waals surface area contributed by atoms with Gasteiger partial charge in [0.2, 0.25) is 0 Å². The van der Waals surface area contributed by atoms with E-state index < -0.39 is 5.82 Å². The predicted molar refractivity (Wildman–Crippen MR) is 68.1 cm³/mol. The van der Waals surface area contributed by atoms with Crippen LogP contribution in [0.3, 0.4) is 0 Å². The minimum Gasteiger partial charge on any atom is -0.329 e. The fourth-order valence-corrected chi connectivity index (χ4v) is 2.86. The van der Waals surface area contributed by atoms with Crippen molar-refractivity contribution in [1.29, 1.82) is 0 Å². The SMILES string of the molecule is CN(Cc1cc(F)ccc1F)C1(CN)CCCC1. The summed E-state index contributed by atoms with van der Waals surface area (Å²) in [5.41, 5.74) is 6.24. The van der Waals surface area contributed by atoms with Crippen LogP contribution in [0.15, 0.2) is 18.2 Å². The van der Waals surface area contributed by atoms with Crippen LogP contribution in [-0.4, -0.2) is 24.0 Å². The lowest BCUT2D eigenvalue weighted by Gasteiger charge is -2.38. The first-order valence-electron chi connectivity index (χ1n) is 6.43. The summed E-state index contributed by atoms with van der Waals surface area (Å²) in [6.45, 7) is 0.973. The number of hydrogen-bond donors (Lipinski definition) is 1. The molecule has 18 heavy (non-hydrogen) atoms. The van der Waals surface area contributed by atoms with Gasteiger partial charge in [0.15, 0.2) is 0 Å². The zero-order chi connectivity index (χ0) is 13.2. The van der Waals surface area contributed by atoms with Gasteiger partial charge in [0, 0.05) is 24.2 Å². The molecule has 1 saturated carbocycles. The monoisotopic (exact) mass is 254 g/mol. The van der Waals surface area contributed by atoms with E-state index in [0.29, 0.717) is 18.7 Å². The molecule has 1 aliphatic carbocycles. The minimum absolute atomic E-state index is 0.0429. The van der Waals surface area contributed by atoms with Gasteiger partial charge in [-0.3, -0.25) is 4.90 Å². The highest BCUT2D eigenvalue weighted by Crippen LogP contribution is 2.34. The van der Waals surface area contributed by atoms with E-state index in [9.17, 15) is 8.78 Å². The van der Waals surface area contributed by atoms with Gasteiger partial charge >= 0.3 is 0 Å². The lowest BCUT2D eigenvalue weighted by molar-refractivity contribution is 0.122. The Morgan fingerprint density at radius 2 is 1.94 bits per heavy atom. The fourth-order valence-electron chi connectivity index (χ4n) is 2.86. The summed E-state index contributed by atoms with van der Waals surface area (Å²) in [6.07, 6.45) is 4.40. The fraction of sp³-hybridized carbons (Fsp3) is 0.571. The van der Waals surface area contributed by atoms with Crippen molar-refractivity contribution >= 4 is 0 Å². The van der Waals surface area contributed by atoms with E-state index in [4.69, 9.17) is 5.73 Å². The molecule has 2 nitrogen and oxygen atoms in total. The molecule has 0 atom stereocenters. The number of halogens is 2. The van der Waals surface area contributed by atoms with Crippen molar-refractivity contribution in [3.63, 3.8) is 0 Å². The molecule has 0 bridgehead atoms. The van der Waals surface area contributed by atoms with Crippen LogP contribution >= 0.6 is 0 Å². The van der Waals surface area contributed by atoms with Crippen LogP contribution in [0.1, 0.15) is 31.2 Å². The zero-order valence-corrected chi connectivity index (χ0v) is 10.8. The van der Waals surface area contributed by atoms with E-state index in [1.54, 1.807) is 0 Å². The van der Waals surface area contributed by atoms with Crippen LogP contribution in [0.5, 0.6) is 0 Å². The molecule has 0 aromatic heterocycles. The topological polar surface area (TPSA) is 29.3 Å². The second kappa shape index (κ2) is 5.33. The van der Waals surface area contributed by atoms with Gasteiger partial charge in [-0.25, -0.2) is 8.78 Å². The Balaban J connectivity index is 2.15. The second-order valence-electron chi connectivity index (χ2n) is 5.23. The van der Waals surface area contributed by atoms with Crippen LogP contribution in [-0.2, 0) is 6.54 Å². The van der Waals surface area contributed by atoms with Crippen molar-refractivity contribution in [1.82, 2.24) is 4.90 Å². The molecule has 0 heterocycles. The van der Waals surface area contributed by atoms with Gasteiger partial charge in [-0.1, -0.05) is 12.8 Å². The molecule has 2 rings (SSSR count). The molecule has 0 unspecified atom stereocenters. The number of nitrogens with two attached hydrogens (primary N) is 1. The maximum Gasteiger partial charge on any atom is 0.127 e. The Labute approximate surface area is 107 Å². The van der Waals surface area contributed by atoms with Crippen molar-refractivity contribution in [3.05, 3.63) is 35.4 Å². The maximum absolute atomic E-state index is 13.6. The van der Waals surface area contributed by atoms with Gasteiger partial charge in [-0.15, -0.1) is 0 Å². The van der Waals surface area contributed by atoms with Crippen LogP contribution in [0, 0.1) is 11.6 Å². The molecule has 1 aliphatic rings. The van der Waals surface area contributed by atoms with E-state index in [1.165, 1.54) is 12.1 Å². The zero-order valence-electron chi connectivity index (χ0n) is 10.8. The normalized spacial score (nSPS) is 18.5. The van der Waals surface area contributed by atoms with Crippen molar-refractivity contribution < 1.29 is 8.78 Å². The van der Waals surface area contributed by atoms with E-state index in [2.05, 4.69) is 4.90 Å². The average molecular weight is 254 g/mol. The van der Waals surface area contributed by atoms with E-state index in [0.717, 1.165) is 31.7 Å². The first-order valence-corrected chi connectivity index (χ1v) is 6.43. The first kappa shape index (κ1) is 13.4. The third-order valence-electron chi connectivity index (χ3n) is 4.14. The quantitative estimate of drug-likeness (QED) is 0.895. The number of benzene rings is 1. The summed E-state index contributed by atoms with van der Waals surface area (Å²) in [5, 5.41) is 0. The number of likely N-dealkylation sites (N-methyl/N-ethyl adjacent to an activating group) is 1. The van der Waals surface area contributed by atoms with Gasteiger partial charge in [-0.2, -0.15) is 0 Å². The molecule has 0 saturated heterocycles. The lowest BCUT2D eigenvalue weighted by atomic mass is 9.95. The Kier molecular flexibility index (Phi) is 3.97. The van der Waals surface area contributed by atoms with Gasteiger partial charge in [0.05, 0.1) is 0 Å². The molecule has 0 aliphatic heterocycles. The Morgan fingerprint density at radius 1 is 1.28 bits per heavy atom. The number of rotatable bonds is 4. The molecule has 4 heteroatoms. The smallest absolute Gasteiger partial charge is 0.127 e. The summed E-state index contributed by atoms with van der Waals surface area (Å²) in [4.78, 5) is 2.08. The molecule has 1 fully saturated rings. The van der Waals surface area contributed by atoms with Crippen LogP contribution in [0.4, 0.5) is 8.78 Å². The largest absolute Gasteiger partial charge is 0.329 e. The highest BCUT2D eigenvalue weighted by atomic mass is 19.1. The average Bonchev–Trinajstić information content (AvgIpc) is 2.84. The van der Waals surface area contributed by atoms with Crippen molar-refractivity contribution in [2.75, 3.05) is 13.6 Å². The molecule has 0 spiro atoms. The number of nitrogens with zero attached hydrogens (tertiary/aromatic N) is 1. The molecular weight excluding hydrogens is 234 g/mol. The summed E-state index contributed by atoms with van der Waals surface area (Å²) in [7, 11) is 1.95. The van der Waals surface area contributed by atoms with E-state index in [1.807, 2.05) is 7.05 Å². The predicted octanol–water partition coefficient (Wildman–Crippen LogP) is 2.67. The number of hydrogen-bond acceptors (Lipinski definition) is 2. The Bertz CT molecular complexity index is 414. The van der Waals surface area contributed by atoms with E-state index in [-0.39, 0.29) is 11.4 Å². The van der Waals surface area contributed by atoms with Crippen LogP contribution in [0.2, 0.25) is 0 Å². The Hall–Kier alpha value is -1.00. The molecule has 1 aromatic rings. The highest BCUT2D eigenvalue weighted by molar-refractivity contribution is 5.19. The van der Waals surface area contributed by atoms with Gasteiger partial charge in [-0.05, 0) is 38.1 Å². The van der Waals surface area contributed by atoms with Gasteiger partial charge in [0.1, 0.15) is 11.6 Å². The second-order valence-corrected chi connectivity index (χ2v) is 5.23. The molecule has 0 radical (unpaired) electrons. The van der Waals surface area contributed by atoms with Gasteiger partial charge < -0.3 is 5.73 Å². The molecule has 2 N–H and O–H groups in total. The molecule has 100 valence electrons. The minimum atomic E-state index is -0.395. The summed E-state index contributed by atoms with van der Waals surface area (Å²) in [5.74, 6) is -0.749. The lowest BCUT2D eigenvalue weighted by Crippen LogP contribution is -2.49. The third kappa shape index (κ3) is 2.54. The Morgan fingerprint density at radius 3 is 2.56 bits per heavy atom. The molecular formula is C14H20F2N2. The summed E-state index contributed by atoms with van der Waals surface area (Å²) >= 11 is 0. The standard InChI is InChI=1S/C14H20F2N2/c1-18(14(10-17)6-2-3-7-14)9-11-8-12(15)4-5-13(11)16/h4-5,8H,2-3,6-7,9-10,17H2,1H3. The highest BCUT2D eigenvalue weighted by Gasteiger charge is 2.36. The van der Waals surface area contributed by atoms with E-state index >= 15 is 0 Å². The summed E-state index contributed by atoms with van der Waals surface area (Å²) in [6, 6.07) is 3.60. The maximum atomic E-state index is 13.6. The first-order chi connectivity index (χ1) is 8.57. The van der Waals surface area contributed by atoms with Gasteiger partial charge in [0.25, 0.3) is 0 Å². The van der Waals surface area contributed by atoms with Crippen molar-refractivity contribution in [3.8, 4) is 0 Å². The van der Waals surface area contributed by atoms with Crippen LogP contribution in [0.25, 0.3) is 0 Å². The third-order valence-corrected chi connectivity index (χ3v) is 4.14. The molecule has 0 amide bonds. The van der Waals surface area contributed by atoms with Crippen molar-refractivity contribution in [2.45, 2.75) is 37.8 Å². The van der Waals surface area contributed by atoms with Crippen LogP contribution < -0.4 is 5.73 Å². The van der Waals surface area contributed by atoms with Crippen molar-refractivity contribution in [2.24, 2.45) is 5.73 Å². The summed E-state index contributed by atoms with van der Waals surface area (Å²) < 4.78 is 26.8.